The van der Waals surface area contributed by atoms with Crippen molar-refractivity contribution in [3.63, 3.8) is 0 Å². The topological polar surface area (TPSA) is 127 Å². The van der Waals surface area contributed by atoms with Crippen LogP contribution in [-0.4, -0.2) is 43.2 Å². The Morgan fingerprint density at radius 3 is 2.71 bits per heavy atom. The third kappa shape index (κ3) is 4.25. The first-order valence-electron chi connectivity index (χ1n) is 8.27. The molecular formula is C17H18N4O5S2. The molecule has 3 rings (SSSR count). The van der Waals surface area contributed by atoms with Crippen LogP contribution in [0.2, 0.25) is 0 Å². The second-order valence-corrected chi connectivity index (χ2v) is 8.66. The van der Waals surface area contributed by atoms with Crippen molar-refractivity contribution in [2.75, 3.05) is 18.2 Å². The molecule has 2 N–H and O–H groups in total. The molecule has 0 aliphatic carbocycles. The Hall–Kier alpha value is -2.66. The van der Waals surface area contributed by atoms with Crippen LogP contribution in [0.5, 0.6) is 0 Å². The Kier molecular flexibility index (Phi) is 5.84. The summed E-state index contributed by atoms with van der Waals surface area (Å²) in [5.74, 6) is 0.935. The van der Waals surface area contributed by atoms with E-state index in [1.165, 1.54) is 24.3 Å². The maximum atomic E-state index is 12.6. The molecule has 2 aromatic rings. The van der Waals surface area contributed by atoms with Gasteiger partial charge in [0.25, 0.3) is 10.0 Å². The summed E-state index contributed by atoms with van der Waals surface area (Å²) in [6, 6.07) is 4.41. The van der Waals surface area contributed by atoms with E-state index in [2.05, 4.69) is 20.0 Å². The Labute approximate surface area is 166 Å². The zero-order valence-corrected chi connectivity index (χ0v) is 16.8. The molecule has 0 unspecified atom stereocenters. The molecular weight excluding hydrogens is 404 g/mol. The molecule has 0 fully saturated rings. The molecule has 0 saturated carbocycles. The average molecular weight is 422 g/mol. The molecule has 0 atom stereocenters. The van der Waals surface area contributed by atoms with Gasteiger partial charge in [-0.05, 0) is 31.2 Å². The molecule has 1 aromatic heterocycles. The smallest absolute Gasteiger partial charge is 0.339 e. The number of nitrogens with one attached hydrogen (secondary N) is 2. The SMILES string of the molecule is COC(=O)c1ccccc1S(=O)(=O)NC(=O)Nc1nc(C)c2c(n1)CCSC2. The number of anilines is 1. The van der Waals surface area contributed by atoms with Crippen LogP contribution in [0.15, 0.2) is 29.2 Å². The second-order valence-electron chi connectivity index (χ2n) is 5.91. The lowest BCUT2D eigenvalue weighted by Crippen LogP contribution is -2.35. The average Bonchev–Trinajstić information content (AvgIpc) is 2.67. The van der Waals surface area contributed by atoms with Crippen molar-refractivity contribution >= 4 is 39.7 Å². The minimum atomic E-state index is -4.31. The number of fused-ring (bicyclic) bond motifs is 1. The van der Waals surface area contributed by atoms with Crippen LogP contribution in [0.3, 0.4) is 0 Å². The zero-order chi connectivity index (χ0) is 20.3. The highest BCUT2D eigenvalue weighted by Gasteiger charge is 2.25. The number of hydrogen-bond acceptors (Lipinski definition) is 8. The normalized spacial score (nSPS) is 13.4. The molecule has 1 aliphatic rings. The number of aromatic nitrogens is 2. The van der Waals surface area contributed by atoms with Gasteiger partial charge in [0.2, 0.25) is 5.95 Å². The fraction of sp³-hybridized carbons (Fsp3) is 0.294. The Morgan fingerprint density at radius 2 is 1.96 bits per heavy atom. The summed E-state index contributed by atoms with van der Waals surface area (Å²) in [6.45, 7) is 1.82. The van der Waals surface area contributed by atoms with Crippen molar-refractivity contribution in [2.24, 2.45) is 0 Å². The van der Waals surface area contributed by atoms with Crippen molar-refractivity contribution in [1.82, 2.24) is 14.7 Å². The lowest BCUT2D eigenvalue weighted by atomic mass is 10.1. The fourth-order valence-corrected chi connectivity index (χ4v) is 4.90. The molecule has 2 heterocycles. The quantitative estimate of drug-likeness (QED) is 0.715. The molecule has 11 heteroatoms. The standard InChI is InChI=1S/C17H18N4O5S2/c1-10-12-9-27-8-7-13(12)19-16(18-10)20-17(23)21-28(24,25)14-6-4-3-5-11(14)15(22)26-2/h3-6H,7-9H2,1-2H3,(H2,18,19,20,21,23). The van der Waals surface area contributed by atoms with Gasteiger partial charge < -0.3 is 4.74 Å². The van der Waals surface area contributed by atoms with E-state index in [4.69, 9.17) is 0 Å². The van der Waals surface area contributed by atoms with Crippen molar-refractivity contribution in [2.45, 2.75) is 24.0 Å². The van der Waals surface area contributed by atoms with Crippen LogP contribution in [0.25, 0.3) is 0 Å². The highest BCUT2D eigenvalue weighted by atomic mass is 32.2. The number of benzene rings is 1. The van der Waals surface area contributed by atoms with Gasteiger partial charge in [0.15, 0.2) is 0 Å². The third-order valence-electron chi connectivity index (χ3n) is 4.06. The van der Waals surface area contributed by atoms with E-state index in [0.29, 0.717) is 0 Å². The van der Waals surface area contributed by atoms with E-state index in [9.17, 15) is 18.0 Å². The lowest BCUT2D eigenvalue weighted by Gasteiger charge is -2.17. The molecule has 0 saturated heterocycles. The molecule has 9 nitrogen and oxygen atoms in total. The van der Waals surface area contributed by atoms with E-state index >= 15 is 0 Å². The molecule has 2 amide bonds. The van der Waals surface area contributed by atoms with Crippen LogP contribution >= 0.6 is 11.8 Å². The minimum absolute atomic E-state index is 0.0251. The molecule has 148 valence electrons. The number of nitrogens with zero attached hydrogens (tertiary/aromatic N) is 2. The maximum absolute atomic E-state index is 12.6. The van der Waals surface area contributed by atoms with Gasteiger partial charge in [0, 0.05) is 17.0 Å². The summed E-state index contributed by atoms with van der Waals surface area (Å²) >= 11 is 1.79. The molecule has 0 spiro atoms. The number of carbonyl (C=O) groups is 2. The number of methoxy groups -OCH3 is 1. The van der Waals surface area contributed by atoms with Gasteiger partial charge in [0.1, 0.15) is 4.90 Å². The number of ether oxygens (including phenoxy) is 1. The molecule has 1 aromatic carbocycles. The Bertz CT molecular complexity index is 1040. The maximum Gasteiger partial charge on any atom is 0.339 e. The van der Waals surface area contributed by atoms with Gasteiger partial charge in [-0.15, -0.1) is 0 Å². The van der Waals surface area contributed by atoms with Crippen LogP contribution in [-0.2, 0) is 26.9 Å². The third-order valence-corrected chi connectivity index (χ3v) is 6.44. The van der Waals surface area contributed by atoms with Gasteiger partial charge in [-0.2, -0.15) is 11.8 Å². The number of esters is 1. The van der Waals surface area contributed by atoms with Crippen molar-refractivity contribution in [3.8, 4) is 0 Å². The molecule has 1 aliphatic heterocycles. The molecule has 28 heavy (non-hydrogen) atoms. The van der Waals surface area contributed by atoms with Crippen LogP contribution in [0.4, 0.5) is 10.7 Å². The van der Waals surface area contributed by atoms with Crippen LogP contribution < -0.4 is 10.0 Å². The Balaban J connectivity index is 1.80. The number of aryl methyl sites for hydroxylation is 2. The summed E-state index contributed by atoms with van der Waals surface area (Å²) in [7, 11) is -3.18. The predicted molar refractivity (Wildman–Crippen MR) is 104 cm³/mol. The van der Waals surface area contributed by atoms with Crippen LogP contribution in [0, 0.1) is 6.92 Å². The van der Waals surface area contributed by atoms with E-state index in [1.54, 1.807) is 11.8 Å². The second kappa shape index (κ2) is 8.15. The first kappa shape index (κ1) is 20.1. The summed E-state index contributed by atoms with van der Waals surface area (Å²) < 4.78 is 31.6. The highest BCUT2D eigenvalue weighted by Crippen LogP contribution is 2.26. The Morgan fingerprint density at radius 1 is 1.21 bits per heavy atom. The van der Waals surface area contributed by atoms with E-state index < -0.39 is 22.0 Å². The monoisotopic (exact) mass is 422 g/mol. The number of sulfonamides is 1. The van der Waals surface area contributed by atoms with Gasteiger partial charge >= 0.3 is 12.0 Å². The molecule has 0 bridgehead atoms. The van der Waals surface area contributed by atoms with Gasteiger partial charge in [-0.25, -0.2) is 32.7 Å². The number of urea groups is 1. The van der Waals surface area contributed by atoms with Crippen molar-refractivity contribution < 1.29 is 22.7 Å². The van der Waals surface area contributed by atoms with Crippen molar-refractivity contribution in [3.05, 3.63) is 46.8 Å². The predicted octanol–water partition coefficient (Wildman–Crippen LogP) is 1.87. The van der Waals surface area contributed by atoms with E-state index in [-0.39, 0.29) is 16.4 Å². The number of carbonyl (C=O) groups excluding carboxylic acids is 2. The largest absolute Gasteiger partial charge is 0.465 e. The van der Waals surface area contributed by atoms with Gasteiger partial charge in [-0.1, -0.05) is 12.1 Å². The number of rotatable bonds is 4. The summed E-state index contributed by atoms with van der Waals surface area (Å²) in [5, 5.41) is 2.35. The first-order valence-corrected chi connectivity index (χ1v) is 10.9. The number of amides is 2. The highest BCUT2D eigenvalue weighted by molar-refractivity contribution is 7.98. The number of thioether (sulfide) groups is 1. The zero-order valence-electron chi connectivity index (χ0n) is 15.2. The van der Waals surface area contributed by atoms with Crippen molar-refractivity contribution in [1.29, 1.82) is 0 Å². The lowest BCUT2D eigenvalue weighted by molar-refractivity contribution is 0.0596. The summed E-state index contributed by atoms with van der Waals surface area (Å²) in [6.07, 6.45) is 0.754. The van der Waals surface area contributed by atoms with Crippen LogP contribution in [0.1, 0.15) is 27.3 Å². The number of hydrogen-bond donors (Lipinski definition) is 2. The van der Waals surface area contributed by atoms with Gasteiger partial charge in [0.05, 0.1) is 18.4 Å². The summed E-state index contributed by atoms with van der Waals surface area (Å²) in [5.41, 5.74) is 2.46. The molecule has 0 radical (unpaired) electrons. The first-order chi connectivity index (χ1) is 13.3. The fourth-order valence-electron chi connectivity index (χ4n) is 2.73. The van der Waals surface area contributed by atoms with E-state index in [0.717, 1.165) is 42.0 Å². The van der Waals surface area contributed by atoms with Gasteiger partial charge in [-0.3, -0.25) is 5.32 Å². The van der Waals surface area contributed by atoms with E-state index in [1.807, 2.05) is 11.6 Å². The minimum Gasteiger partial charge on any atom is -0.465 e. The summed E-state index contributed by atoms with van der Waals surface area (Å²) in [4.78, 5) is 32.2.